The maximum Gasteiger partial charge on any atom is 0.391 e. The van der Waals surface area contributed by atoms with Gasteiger partial charge in [0.1, 0.15) is 10.9 Å². The van der Waals surface area contributed by atoms with E-state index in [9.17, 15) is 18.0 Å². The van der Waals surface area contributed by atoms with Crippen LogP contribution in [0.1, 0.15) is 36.9 Å². The molecule has 21 heavy (non-hydrogen) atoms. The van der Waals surface area contributed by atoms with Gasteiger partial charge in [0.2, 0.25) is 0 Å². The Morgan fingerprint density at radius 3 is 2.33 bits per heavy atom. The SMILES string of the molecule is Cc1nn(C)c(Cl)c1CC(=O)C1CCC(C(F)(F)F)CC1. The lowest BCUT2D eigenvalue weighted by atomic mass is 9.78. The maximum atomic E-state index is 12.6. The summed E-state index contributed by atoms with van der Waals surface area (Å²) in [6.07, 6.45) is -3.30. The van der Waals surface area contributed by atoms with Crippen LogP contribution in [-0.2, 0) is 18.3 Å². The van der Waals surface area contributed by atoms with Crippen molar-refractivity contribution in [1.29, 1.82) is 0 Å². The van der Waals surface area contributed by atoms with E-state index in [1.54, 1.807) is 14.0 Å². The van der Waals surface area contributed by atoms with Gasteiger partial charge >= 0.3 is 6.18 Å². The van der Waals surface area contributed by atoms with Gasteiger partial charge in [-0.1, -0.05) is 11.6 Å². The number of alkyl halides is 3. The molecule has 0 atom stereocenters. The highest BCUT2D eigenvalue weighted by Crippen LogP contribution is 2.40. The number of nitrogens with zero attached hydrogens (tertiary/aromatic N) is 2. The molecule has 1 heterocycles. The molecule has 1 aliphatic carbocycles. The molecule has 0 aliphatic heterocycles. The number of aryl methyl sites for hydroxylation is 2. The fourth-order valence-electron chi connectivity index (χ4n) is 2.94. The Kier molecular flexibility index (Phi) is 4.66. The van der Waals surface area contributed by atoms with Gasteiger partial charge in [0, 0.05) is 24.9 Å². The monoisotopic (exact) mass is 322 g/mol. The third kappa shape index (κ3) is 3.59. The highest BCUT2D eigenvalue weighted by atomic mass is 35.5. The van der Waals surface area contributed by atoms with Crippen LogP contribution in [0.4, 0.5) is 13.2 Å². The average Bonchev–Trinajstić information content (AvgIpc) is 2.64. The third-order valence-corrected chi connectivity index (χ3v) is 4.74. The van der Waals surface area contributed by atoms with Crippen LogP contribution < -0.4 is 0 Å². The summed E-state index contributed by atoms with van der Waals surface area (Å²) in [6.45, 7) is 1.77. The Labute approximate surface area is 126 Å². The number of Topliss-reactive ketones (excluding diaryl/α,β-unsaturated/α-hetero) is 1. The van der Waals surface area contributed by atoms with Crippen LogP contribution in [0.5, 0.6) is 0 Å². The van der Waals surface area contributed by atoms with Gasteiger partial charge in [0.15, 0.2) is 0 Å². The van der Waals surface area contributed by atoms with Crippen molar-refractivity contribution in [3.05, 3.63) is 16.4 Å². The Hall–Kier alpha value is -1.04. The van der Waals surface area contributed by atoms with E-state index in [4.69, 9.17) is 11.6 Å². The minimum atomic E-state index is -4.14. The van der Waals surface area contributed by atoms with Crippen LogP contribution >= 0.6 is 11.6 Å². The molecule has 1 aromatic rings. The first-order valence-corrected chi connectivity index (χ1v) is 7.35. The topological polar surface area (TPSA) is 34.9 Å². The van der Waals surface area contributed by atoms with Gasteiger partial charge in [-0.15, -0.1) is 0 Å². The lowest BCUT2D eigenvalue weighted by molar-refractivity contribution is -0.184. The summed E-state index contributed by atoms with van der Waals surface area (Å²) < 4.78 is 39.3. The van der Waals surface area contributed by atoms with Crippen LogP contribution in [-0.4, -0.2) is 21.7 Å². The van der Waals surface area contributed by atoms with Gasteiger partial charge in [-0.3, -0.25) is 9.48 Å². The van der Waals surface area contributed by atoms with Crippen LogP contribution in [0.25, 0.3) is 0 Å². The number of carbonyl (C=O) groups excluding carboxylic acids is 1. The number of ketones is 1. The van der Waals surface area contributed by atoms with Crippen molar-refractivity contribution in [2.45, 2.75) is 45.2 Å². The number of halogens is 4. The van der Waals surface area contributed by atoms with Crippen molar-refractivity contribution < 1.29 is 18.0 Å². The average molecular weight is 323 g/mol. The summed E-state index contributed by atoms with van der Waals surface area (Å²) >= 11 is 6.08. The summed E-state index contributed by atoms with van der Waals surface area (Å²) in [7, 11) is 1.69. The smallest absolute Gasteiger partial charge is 0.299 e. The molecule has 118 valence electrons. The first-order valence-electron chi connectivity index (χ1n) is 6.97. The van der Waals surface area contributed by atoms with Crippen LogP contribution in [0.2, 0.25) is 5.15 Å². The van der Waals surface area contributed by atoms with Gasteiger partial charge in [-0.05, 0) is 32.6 Å². The predicted octanol–water partition coefficient (Wildman–Crippen LogP) is 3.86. The molecule has 1 fully saturated rings. The largest absolute Gasteiger partial charge is 0.391 e. The first kappa shape index (κ1) is 16.3. The molecule has 1 aromatic heterocycles. The molecule has 0 radical (unpaired) electrons. The second-order valence-electron chi connectivity index (χ2n) is 5.71. The Morgan fingerprint density at radius 2 is 1.90 bits per heavy atom. The van der Waals surface area contributed by atoms with E-state index in [1.165, 1.54) is 4.68 Å². The van der Waals surface area contributed by atoms with Gasteiger partial charge in [-0.2, -0.15) is 18.3 Å². The Bertz CT molecular complexity index is 531. The number of aromatic nitrogens is 2. The lowest BCUT2D eigenvalue weighted by Gasteiger charge is -2.29. The number of hydrogen-bond acceptors (Lipinski definition) is 2. The predicted molar refractivity (Wildman–Crippen MR) is 73.2 cm³/mol. The standard InChI is InChI=1S/C14H18ClF3N2O/c1-8-11(13(15)20(2)19-8)7-12(21)9-3-5-10(6-4-9)14(16,17)18/h9-10H,3-7H2,1-2H3. The number of rotatable bonds is 3. The number of carbonyl (C=O) groups is 1. The molecule has 2 rings (SSSR count). The fraction of sp³-hybridized carbons (Fsp3) is 0.714. The quantitative estimate of drug-likeness (QED) is 0.847. The lowest BCUT2D eigenvalue weighted by Crippen LogP contribution is -2.30. The molecule has 0 amide bonds. The Balaban J connectivity index is 1.97. The zero-order chi connectivity index (χ0) is 15.8. The molecule has 0 spiro atoms. The molecule has 0 bridgehead atoms. The molecule has 1 aliphatic rings. The minimum Gasteiger partial charge on any atom is -0.299 e. The van der Waals surface area contributed by atoms with Crippen molar-refractivity contribution in [2.24, 2.45) is 18.9 Å². The molecule has 0 N–H and O–H groups in total. The summed E-state index contributed by atoms with van der Waals surface area (Å²) in [6, 6.07) is 0. The molecule has 1 saturated carbocycles. The van der Waals surface area contributed by atoms with Gasteiger partial charge in [0.05, 0.1) is 11.6 Å². The van der Waals surface area contributed by atoms with Crippen molar-refractivity contribution >= 4 is 17.4 Å². The van der Waals surface area contributed by atoms with E-state index in [0.717, 1.165) is 0 Å². The van der Waals surface area contributed by atoms with Crippen molar-refractivity contribution in [3.8, 4) is 0 Å². The van der Waals surface area contributed by atoms with E-state index in [1.807, 2.05) is 0 Å². The second-order valence-corrected chi connectivity index (χ2v) is 6.07. The van der Waals surface area contributed by atoms with E-state index >= 15 is 0 Å². The number of hydrogen-bond donors (Lipinski definition) is 0. The maximum absolute atomic E-state index is 12.6. The van der Waals surface area contributed by atoms with Gasteiger partial charge in [-0.25, -0.2) is 0 Å². The van der Waals surface area contributed by atoms with Crippen molar-refractivity contribution in [1.82, 2.24) is 9.78 Å². The summed E-state index contributed by atoms with van der Waals surface area (Å²) in [5.74, 6) is -1.59. The highest BCUT2D eigenvalue weighted by Gasteiger charge is 2.42. The third-order valence-electron chi connectivity index (χ3n) is 4.27. The van der Waals surface area contributed by atoms with Gasteiger partial charge in [0.25, 0.3) is 0 Å². The zero-order valence-corrected chi connectivity index (χ0v) is 12.8. The fourth-order valence-corrected chi connectivity index (χ4v) is 3.18. The van der Waals surface area contributed by atoms with Crippen molar-refractivity contribution in [2.75, 3.05) is 0 Å². The van der Waals surface area contributed by atoms with Crippen LogP contribution in [0.15, 0.2) is 0 Å². The van der Waals surface area contributed by atoms with E-state index in [-0.39, 0.29) is 31.0 Å². The van der Waals surface area contributed by atoms with E-state index < -0.39 is 12.1 Å². The molecule has 3 nitrogen and oxygen atoms in total. The van der Waals surface area contributed by atoms with Gasteiger partial charge < -0.3 is 0 Å². The van der Waals surface area contributed by atoms with E-state index in [2.05, 4.69) is 5.10 Å². The Morgan fingerprint density at radius 1 is 1.33 bits per heavy atom. The minimum absolute atomic E-state index is 0.0337. The molecule has 0 unspecified atom stereocenters. The van der Waals surface area contributed by atoms with E-state index in [0.29, 0.717) is 29.3 Å². The first-order chi connectivity index (χ1) is 9.70. The van der Waals surface area contributed by atoms with Crippen LogP contribution in [0, 0.1) is 18.8 Å². The van der Waals surface area contributed by atoms with Crippen molar-refractivity contribution in [3.63, 3.8) is 0 Å². The molecule has 0 aromatic carbocycles. The summed E-state index contributed by atoms with van der Waals surface area (Å²) in [4.78, 5) is 12.3. The molecular weight excluding hydrogens is 305 g/mol. The molecule has 0 saturated heterocycles. The second kappa shape index (κ2) is 5.99. The zero-order valence-electron chi connectivity index (χ0n) is 12.0. The highest BCUT2D eigenvalue weighted by molar-refractivity contribution is 6.30. The summed E-state index contributed by atoms with van der Waals surface area (Å²) in [5, 5.41) is 4.56. The summed E-state index contributed by atoms with van der Waals surface area (Å²) in [5.41, 5.74) is 1.38. The normalized spacial score (nSPS) is 23.3. The molecule has 7 heteroatoms. The molecular formula is C14H18ClF3N2O. The van der Waals surface area contributed by atoms with Crippen LogP contribution in [0.3, 0.4) is 0 Å².